The van der Waals surface area contributed by atoms with E-state index in [2.05, 4.69) is 13.8 Å². The molecule has 0 aromatic rings. The van der Waals surface area contributed by atoms with E-state index >= 15 is 0 Å². The third-order valence-corrected chi connectivity index (χ3v) is 10.8. The summed E-state index contributed by atoms with van der Waals surface area (Å²) in [5, 5.41) is 32.8. The number of aliphatic hydroxyl groups excluding tert-OH is 3. The topological polar surface area (TPSA) is 159 Å². The minimum absolute atomic E-state index is 0. The summed E-state index contributed by atoms with van der Waals surface area (Å²) in [5.74, 6) is -2.77. The molecule has 7 N–H and O–H groups in total. The maximum Gasteiger partial charge on any atom is 0.227 e. The van der Waals surface area contributed by atoms with Gasteiger partial charge in [-0.2, -0.15) is 0 Å². The van der Waals surface area contributed by atoms with Crippen LogP contribution in [0.15, 0.2) is 0 Å². The first-order valence-electron chi connectivity index (χ1n) is 21.1. The second-order valence-electron chi connectivity index (χ2n) is 15.7. The van der Waals surface area contributed by atoms with E-state index in [1.165, 1.54) is 114 Å². The van der Waals surface area contributed by atoms with E-state index in [1.54, 1.807) is 0 Å². The average molecular weight is 749 g/mol. The summed E-state index contributed by atoms with van der Waals surface area (Å²) in [4.78, 5) is 28.0. The molecule has 0 saturated carbocycles. The predicted molar refractivity (Wildman–Crippen MR) is 213 cm³/mol. The van der Waals surface area contributed by atoms with Crippen LogP contribution >= 0.6 is 12.4 Å². The molecule has 0 aromatic carbocycles. The Labute approximate surface area is 319 Å². The normalized spacial score (nSPS) is 22.5. The average Bonchev–Trinajstić information content (AvgIpc) is 3.09. The molecular formula is C41H82ClN3O6. The number of aliphatic hydroxyl groups is 3. The fourth-order valence-electron chi connectivity index (χ4n) is 7.16. The molecule has 304 valence electrons. The monoisotopic (exact) mass is 748 g/mol. The third kappa shape index (κ3) is 20.4. The predicted octanol–water partition coefficient (Wildman–Crippen LogP) is 8.46. The van der Waals surface area contributed by atoms with Crippen LogP contribution < -0.4 is 11.5 Å². The molecule has 0 aliphatic carbocycles. The zero-order valence-corrected chi connectivity index (χ0v) is 34.2. The van der Waals surface area contributed by atoms with Gasteiger partial charge in [-0.15, -0.1) is 12.4 Å². The summed E-state index contributed by atoms with van der Waals surface area (Å²) in [6.07, 6.45) is 23.6. The molecular weight excluding hydrogens is 666 g/mol. The van der Waals surface area contributed by atoms with Gasteiger partial charge in [0.1, 0.15) is 18.3 Å². The van der Waals surface area contributed by atoms with E-state index in [4.69, 9.17) is 16.2 Å². The van der Waals surface area contributed by atoms with Crippen molar-refractivity contribution in [2.75, 3.05) is 6.54 Å². The first-order chi connectivity index (χ1) is 24.0. The van der Waals surface area contributed by atoms with Crippen molar-refractivity contribution in [3.63, 3.8) is 0 Å². The van der Waals surface area contributed by atoms with Gasteiger partial charge >= 0.3 is 0 Å². The quantitative estimate of drug-likeness (QED) is 0.0339. The van der Waals surface area contributed by atoms with E-state index in [9.17, 15) is 24.9 Å². The van der Waals surface area contributed by atoms with E-state index in [-0.39, 0.29) is 49.4 Å². The number of hydrogen-bond donors (Lipinski definition) is 5. The number of amides is 1. The number of nitrogens with zero attached hydrogens (tertiary/aromatic N) is 1. The minimum Gasteiger partial charge on any atom is -0.388 e. The second kappa shape index (κ2) is 30.5. The van der Waals surface area contributed by atoms with Crippen LogP contribution in [0.25, 0.3) is 0 Å². The molecule has 1 heterocycles. The van der Waals surface area contributed by atoms with Gasteiger partial charge in [0, 0.05) is 19.4 Å². The zero-order chi connectivity index (χ0) is 37.2. The Hall–Kier alpha value is -0.810. The van der Waals surface area contributed by atoms with Gasteiger partial charge in [0.15, 0.2) is 5.78 Å². The Balaban J connectivity index is 0.0000250. The Morgan fingerprint density at radius 1 is 0.647 bits per heavy atom. The lowest BCUT2D eigenvalue weighted by Gasteiger charge is -2.51. The van der Waals surface area contributed by atoms with Gasteiger partial charge in [-0.05, 0) is 18.8 Å². The molecule has 0 radical (unpaired) electrons. The highest BCUT2D eigenvalue weighted by Crippen LogP contribution is 2.32. The number of carbonyl (C=O) groups is 2. The Morgan fingerprint density at radius 2 is 1.02 bits per heavy atom. The standard InChI is InChI=1S/C41H81N3O6.ClH/c1-5-7-9-11-13-15-17-18-19-20-21-22-24-26-28-30-36(46)44(31-29-27-25-23-16-14-12-10-8-6-2)41(43)40(49)39(48)38(47)35(50-41)32-34(45)37(42)33(3)4;/h33,35,37-40,47-49H,5-32,42-43H2,1-4H3;1H/t35-,37+,38+,39+,40-,41+;/m1./s1. The molecule has 1 saturated heterocycles. The molecule has 1 rings (SSSR count). The lowest BCUT2D eigenvalue weighted by molar-refractivity contribution is -0.309. The number of rotatable bonds is 32. The maximum absolute atomic E-state index is 13.8. The van der Waals surface area contributed by atoms with E-state index in [0.717, 1.165) is 38.5 Å². The summed E-state index contributed by atoms with van der Waals surface area (Å²) in [5.41, 5.74) is 12.8. The molecule has 0 spiro atoms. The van der Waals surface area contributed by atoms with Crippen LogP contribution in [-0.4, -0.2) is 74.8 Å². The summed E-state index contributed by atoms with van der Waals surface area (Å²) in [7, 11) is 0. The second-order valence-corrected chi connectivity index (χ2v) is 15.7. The molecule has 1 fully saturated rings. The number of Topliss-reactive ketones (excluding diaryl/α,β-unsaturated/α-hetero) is 1. The summed E-state index contributed by atoms with van der Waals surface area (Å²) in [6.45, 7) is 8.41. The number of ether oxygens (including phenoxy) is 1. The van der Waals surface area contributed by atoms with Gasteiger partial charge in [-0.3, -0.25) is 20.2 Å². The third-order valence-electron chi connectivity index (χ3n) is 10.8. The number of nitrogens with two attached hydrogens (primary N) is 2. The van der Waals surface area contributed by atoms with Crippen LogP contribution in [0.4, 0.5) is 0 Å². The lowest BCUT2D eigenvalue weighted by atomic mass is 9.89. The molecule has 1 aliphatic rings. The van der Waals surface area contributed by atoms with Crippen molar-refractivity contribution in [1.82, 2.24) is 4.90 Å². The highest BCUT2D eigenvalue weighted by Gasteiger charge is 2.56. The Kier molecular flexibility index (Phi) is 30.0. The number of ketones is 1. The molecule has 0 aromatic heterocycles. The highest BCUT2D eigenvalue weighted by molar-refractivity contribution is 5.85. The molecule has 0 bridgehead atoms. The van der Waals surface area contributed by atoms with Crippen LogP contribution in [0.1, 0.15) is 201 Å². The molecule has 1 amide bonds. The van der Waals surface area contributed by atoms with Crippen molar-refractivity contribution < 1.29 is 29.6 Å². The number of carbonyl (C=O) groups excluding carboxylic acids is 2. The molecule has 10 heteroatoms. The molecule has 0 unspecified atom stereocenters. The summed E-state index contributed by atoms with van der Waals surface area (Å²) >= 11 is 0. The van der Waals surface area contributed by atoms with Crippen LogP contribution in [0.2, 0.25) is 0 Å². The largest absolute Gasteiger partial charge is 0.388 e. The van der Waals surface area contributed by atoms with Gasteiger partial charge in [-0.1, -0.05) is 175 Å². The minimum atomic E-state index is -2.07. The van der Waals surface area contributed by atoms with E-state index < -0.39 is 36.3 Å². The zero-order valence-electron chi connectivity index (χ0n) is 33.3. The fraction of sp³-hybridized carbons (Fsp3) is 0.951. The first-order valence-corrected chi connectivity index (χ1v) is 21.1. The van der Waals surface area contributed by atoms with Crippen LogP contribution in [0, 0.1) is 5.92 Å². The van der Waals surface area contributed by atoms with Crippen molar-refractivity contribution >= 4 is 24.1 Å². The Bertz CT molecular complexity index is 867. The van der Waals surface area contributed by atoms with Gasteiger partial charge in [0.25, 0.3) is 0 Å². The van der Waals surface area contributed by atoms with E-state index in [0.29, 0.717) is 12.8 Å². The van der Waals surface area contributed by atoms with Crippen molar-refractivity contribution in [3.8, 4) is 0 Å². The first kappa shape index (κ1) is 50.2. The van der Waals surface area contributed by atoms with Crippen molar-refractivity contribution in [1.29, 1.82) is 0 Å². The number of unbranched alkanes of at least 4 members (excludes halogenated alkanes) is 23. The van der Waals surface area contributed by atoms with Gasteiger partial charge in [0.2, 0.25) is 11.8 Å². The molecule has 51 heavy (non-hydrogen) atoms. The SMILES string of the molecule is CCCCCCCCCCCCCCCCCC(=O)N(CCCCCCCCCCCC)[C@]1(N)O[C@H](CC(=O)[C@@H](N)C(C)C)[C@H](O)[C@H](O)[C@H]1O.Cl. The fourth-order valence-corrected chi connectivity index (χ4v) is 7.16. The molecule has 6 atom stereocenters. The Morgan fingerprint density at radius 3 is 1.41 bits per heavy atom. The summed E-state index contributed by atoms with van der Waals surface area (Å²) in [6, 6.07) is -0.767. The van der Waals surface area contributed by atoms with Crippen molar-refractivity contribution in [2.45, 2.75) is 237 Å². The number of hydrogen-bond acceptors (Lipinski definition) is 8. The molecule has 1 aliphatic heterocycles. The molecule has 9 nitrogen and oxygen atoms in total. The van der Waals surface area contributed by atoms with Gasteiger partial charge < -0.3 is 25.8 Å². The van der Waals surface area contributed by atoms with Gasteiger partial charge in [0.05, 0.1) is 12.1 Å². The van der Waals surface area contributed by atoms with Crippen LogP contribution in [-0.2, 0) is 14.3 Å². The van der Waals surface area contributed by atoms with E-state index in [1.807, 2.05) is 13.8 Å². The maximum atomic E-state index is 13.8. The number of halogens is 1. The van der Waals surface area contributed by atoms with Crippen LogP contribution in [0.5, 0.6) is 0 Å². The van der Waals surface area contributed by atoms with Crippen molar-refractivity contribution in [2.24, 2.45) is 17.4 Å². The van der Waals surface area contributed by atoms with Gasteiger partial charge in [-0.25, -0.2) is 0 Å². The van der Waals surface area contributed by atoms with Crippen molar-refractivity contribution in [3.05, 3.63) is 0 Å². The highest BCUT2D eigenvalue weighted by atomic mass is 35.5. The summed E-state index contributed by atoms with van der Waals surface area (Å²) < 4.78 is 6.07. The van der Waals surface area contributed by atoms with Crippen LogP contribution in [0.3, 0.4) is 0 Å². The smallest absolute Gasteiger partial charge is 0.227 e. The lowest BCUT2D eigenvalue weighted by Crippen LogP contribution is -2.76.